The summed E-state index contributed by atoms with van der Waals surface area (Å²) in [5, 5.41) is 0. The summed E-state index contributed by atoms with van der Waals surface area (Å²) in [6.45, 7) is 13.3. The second kappa shape index (κ2) is 9.17. The van der Waals surface area contributed by atoms with Crippen molar-refractivity contribution in [2.45, 2.75) is 47.1 Å². The summed E-state index contributed by atoms with van der Waals surface area (Å²) in [7, 11) is 0. The summed E-state index contributed by atoms with van der Waals surface area (Å²) in [5.41, 5.74) is 2.50. The van der Waals surface area contributed by atoms with E-state index in [9.17, 15) is 0 Å². The molecule has 1 aromatic heterocycles. The molecule has 0 bridgehead atoms. The lowest BCUT2D eigenvalue weighted by Gasteiger charge is -2.09. The first-order valence-electron chi connectivity index (χ1n) is 7.80. The fourth-order valence-electron chi connectivity index (χ4n) is 2.29. The summed E-state index contributed by atoms with van der Waals surface area (Å²) >= 11 is 0. The van der Waals surface area contributed by atoms with Gasteiger partial charge in [-0.2, -0.15) is 0 Å². The molecule has 0 saturated heterocycles. The van der Waals surface area contributed by atoms with Crippen LogP contribution in [0.3, 0.4) is 0 Å². The normalized spacial score (nSPS) is 12.4. The Morgan fingerprint density at radius 2 is 2.14 bits per heavy atom. The molecule has 0 amide bonds. The molecule has 0 unspecified atom stereocenters. The van der Waals surface area contributed by atoms with E-state index in [0.717, 1.165) is 25.2 Å². The highest BCUT2D eigenvalue weighted by atomic mass is 15.1. The van der Waals surface area contributed by atoms with Crippen LogP contribution in [0, 0.1) is 5.92 Å². The topological polar surface area (TPSA) is 17.3 Å². The molecular formula is C19H28N2. The van der Waals surface area contributed by atoms with Gasteiger partial charge in [0.15, 0.2) is 0 Å². The average Bonchev–Trinajstić information content (AvgIpc) is 2.75. The largest absolute Gasteiger partial charge is 0.329 e. The van der Waals surface area contributed by atoms with Crippen LogP contribution in [0.2, 0.25) is 0 Å². The average molecular weight is 284 g/mol. The Morgan fingerprint density at radius 1 is 1.38 bits per heavy atom. The van der Waals surface area contributed by atoms with Crippen LogP contribution in [0.5, 0.6) is 0 Å². The van der Waals surface area contributed by atoms with E-state index in [1.807, 2.05) is 6.92 Å². The molecule has 21 heavy (non-hydrogen) atoms. The molecule has 0 N–H and O–H groups in total. The van der Waals surface area contributed by atoms with E-state index in [0.29, 0.717) is 5.92 Å². The van der Waals surface area contributed by atoms with Crippen LogP contribution in [-0.2, 0) is 13.0 Å². The first-order valence-corrected chi connectivity index (χ1v) is 7.80. The zero-order valence-electron chi connectivity index (χ0n) is 13.8. The molecule has 0 aliphatic heterocycles. The van der Waals surface area contributed by atoms with Gasteiger partial charge in [-0.25, -0.2) is 4.99 Å². The van der Waals surface area contributed by atoms with Crippen LogP contribution in [0.15, 0.2) is 41.9 Å². The van der Waals surface area contributed by atoms with Crippen LogP contribution in [-0.4, -0.2) is 10.8 Å². The Balaban J connectivity index is 3.21. The molecule has 1 heterocycles. The zero-order valence-corrected chi connectivity index (χ0v) is 13.8. The minimum Gasteiger partial charge on any atom is -0.329 e. The first kappa shape index (κ1) is 17.2. The van der Waals surface area contributed by atoms with Gasteiger partial charge in [0.05, 0.1) is 0 Å². The van der Waals surface area contributed by atoms with Crippen molar-refractivity contribution in [1.29, 1.82) is 0 Å². The Kier molecular flexibility index (Phi) is 7.52. The molecule has 114 valence electrons. The van der Waals surface area contributed by atoms with E-state index in [1.165, 1.54) is 11.3 Å². The number of rotatable bonds is 8. The Morgan fingerprint density at radius 3 is 2.71 bits per heavy atom. The van der Waals surface area contributed by atoms with Gasteiger partial charge >= 0.3 is 0 Å². The fraction of sp³-hybridized carbons (Fsp3) is 0.421. The van der Waals surface area contributed by atoms with Gasteiger partial charge in [0, 0.05) is 30.4 Å². The summed E-state index contributed by atoms with van der Waals surface area (Å²) in [4.78, 5) is 4.57. The molecule has 0 spiro atoms. The summed E-state index contributed by atoms with van der Waals surface area (Å²) in [6, 6.07) is 2.25. The molecule has 2 heteroatoms. The maximum Gasteiger partial charge on any atom is 0.140 e. The Bertz CT molecular complexity index is 528. The van der Waals surface area contributed by atoms with E-state index in [4.69, 9.17) is 0 Å². The maximum absolute atomic E-state index is 4.57. The lowest BCUT2D eigenvalue weighted by atomic mass is 10.1. The van der Waals surface area contributed by atoms with Crippen molar-refractivity contribution in [3.05, 3.63) is 48.2 Å². The van der Waals surface area contributed by atoms with E-state index in [-0.39, 0.29) is 0 Å². The quantitative estimate of drug-likeness (QED) is 0.438. The van der Waals surface area contributed by atoms with Crippen molar-refractivity contribution in [2.24, 2.45) is 10.9 Å². The third-order valence-electron chi connectivity index (χ3n) is 3.13. The minimum absolute atomic E-state index is 0.591. The summed E-state index contributed by atoms with van der Waals surface area (Å²) < 4.78 is 2.32. The molecule has 0 radical (unpaired) electrons. The van der Waals surface area contributed by atoms with E-state index >= 15 is 0 Å². The fourth-order valence-corrected chi connectivity index (χ4v) is 2.29. The van der Waals surface area contributed by atoms with Crippen LogP contribution in [0.4, 0.5) is 5.82 Å². The molecule has 0 atom stereocenters. The van der Waals surface area contributed by atoms with Gasteiger partial charge in [-0.15, -0.1) is 0 Å². The first-order chi connectivity index (χ1) is 10.1. The van der Waals surface area contributed by atoms with Crippen LogP contribution >= 0.6 is 0 Å². The van der Waals surface area contributed by atoms with Crippen molar-refractivity contribution in [2.75, 3.05) is 0 Å². The number of aliphatic imine (C=N–C) groups is 1. The Hall–Kier alpha value is -1.83. The molecule has 1 aromatic rings. The second-order valence-electron chi connectivity index (χ2n) is 5.46. The van der Waals surface area contributed by atoms with Crippen LogP contribution < -0.4 is 0 Å². The predicted molar refractivity (Wildman–Crippen MR) is 95.5 cm³/mol. The van der Waals surface area contributed by atoms with E-state index < -0.39 is 0 Å². The standard InChI is InChI=1S/C19H28N2/c1-6-10-17-15-18(12-9-11-16(4)5)21(14-8-3)19(17)20-13-7-2/h6-7,9-11,13,15-16H,2,8,12,14H2,1,3-5H3/b10-6+,11-9+,20-13?. The van der Waals surface area contributed by atoms with Crippen molar-refractivity contribution in [3.8, 4) is 0 Å². The number of allylic oxidation sites excluding steroid dienone is 4. The van der Waals surface area contributed by atoms with Crippen molar-refractivity contribution in [3.63, 3.8) is 0 Å². The zero-order chi connectivity index (χ0) is 15.7. The summed E-state index contributed by atoms with van der Waals surface area (Å²) in [6.07, 6.45) is 14.2. The number of aromatic nitrogens is 1. The van der Waals surface area contributed by atoms with E-state index in [2.05, 4.69) is 67.3 Å². The molecular weight excluding hydrogens is 256 g/mol. The van der Waals surface area contributed by atoms with Gasteiger partial charge in [-0.3, -0.25) is 0 Å². The second-order valence-corrected chi connectivity index (χ2v) is 5.46. The third kappa shape index (κ3) is 5.22. The lowest BCUT2D eigenvalue weighted by molar-refractivity contribution is 0.661. The molecule has 0 saturated carbocycles. The molecule has 0 fully saturated rings. The third-order valence-corrected chi connectivity index (χ3v) is 3.13. The predicted octanol–water partition coefficient (Wildman–Crippen LogP) is 5.57. The highest BCUT2D eigenvalue weighted by molar-refractivity contribution is 5.76. The molecule has 0 aromatic carbocycles. The van der Waals surface area contributed by atoms with Gasteiger partial charge in [-0.05, 0) is 25.3 Å². The van der Waals surface area contributed by atoms with Crippen molar-refractivity contribution in [1.82, 2.24) is 4.57 Å². The SMILES string of the molecule is C=CC=Nc1c(/C=C/C)cc(C/C=C/C(C)C)n1CCC. The van der Waals surface area contributed by atoms with Crippen molar-refractivity contribution < 1.29 is 0 Å². The molecule has 0 aliphatic carbocycles. The smallest absolute Gasteiger partial charge is 0.140 e. The number of hydrogen-bond acceptors (Lipinski definition) is 1. The highest BCUT2D eigenvalue weighted by Gasteiger charge is 2.11. The van der Waals surface area contributed by atoms with E-state index in [1.54, 1.807) is 12.3 Å². The molecule has 1 rings (SSSR count). The van der Waals surface area contributed by atoms with Gasteiger partial charge < -0.3 is 4.57 Å². The molecule has 2 nitrogen and oxygen atoms in total. The van der Waals surface area contributed by atoms with Crippen LogP contribution in [0.1, 0.15) is 45.4 Å². The monoisotopic (exact) mass is 284 g/mol. The molecule has 0 aliphatic rings. The van der Waals surface area contributed by atoms with Gasteiger partial charge in [0.1, 0.15) is 5.82 Å². The number of hydrogen-bond donors (Lipinski definition) is 0. The lowest BCUT2D eigenvalue weighted by Crippen LogP contribution is -2.01. The van der Waals surface area contributed by atoms with Crippen LogP contribution in [0.25, 0.3) is 6.08 Å². The van der Waals surface area contributed by atoms with Crippen molar-refractivity contribution >= 4 is 18.1 Å². The Labute approximate surface area is 129 Å². The maximum atomic E-state index is 4.57. The number of nitrogens with zero attached hydrogens (tertiary/aromatic N) is 2. The van der Waals surface area contributed by atoms with Gasteiger partial charge in [0.2, 0.25) is 0 Å². The minimum atomic E-state index is 0.591. The van der Waals surface area contributed by atoms with Gasteiger partial charge in [0.25, 0.3) is 0 Å². The van der Waals surface area contributed by atoms with Gasteiger partial charge in [-0.1, -0.05) is 57.7 Å². The summed E-state index contributed by atoms with van der Waals surface area (Å²) in [5.74, 6) is 1.62. The highest BCUT2D eigenvalue weighted by Crippen LogP contribution is 2.27.